The summed E-state index contributed by atoms with van der Waals surface area (Å²) in [5.74, 6) is -0.685. The van der Waals surface area contributed by atoms with Crippen LogP contribution in [-0.4, -0.2) is 24.1 Å². The molecule has 1 rings (SSSR count). The fourth-order valence-corrected chi connectivity index (χ4v) is 2.14. The molecule has 0 aliphatic carbocycles. The summed E-state index contributed by atoms with van der Waals surface area (Å²) < 4.78 is 23.1. The van der Waals surface area contributed by atoms with Crippen molar-refractivity contribution in [2.45, 2.75) is 18.5 Å². The average molecular weight is 288 g/mol. The Morgan fingerprint density at radius 3 is 2.63 bits per heavy atom. The van der Waals surface area contributed by atoms with Crippen molar-refractivity contribution in [3.05, 3.63) is 35.9 Å². The third-order valence-electron chi connectivity index (χ3n) is 2.39. The van der Waals surface area contributed by atoms with E-state index in [4.69, 9.17) is 4.84 Å². The van der Waals surface area contributed by atoms with E-state index in [1.54, 1.807) is 30.3 Å². The van der Waals surface area contributed by atoms with Gasteiger partial charge in [0.15, 0.2) is 0 Å². The first-order chi connectivity index (χ1) is 9.16. The molecule has 2 unspecified atom stereocenters. The standard InChI is InChI=1S/C12H15FNO4P/c13-8-4-5-9-18-14-12(15)11(19(16)17)10-6-2-1-3-7-10/h1-3,6-7,11H,4-5,8-9H2,(H-,14,15,16,17)/p+1. The Morgan fingerprint density at radius 2 is 2.05 bits per heavy atom. The minimum atomic E-state index is -2.71. The summed E-state index contributed by atoms with van der Waals surface area (Å²) in [5.41, 5.74) is 1.39. The molecular weight excluding hydrogens is 272 g/mol. The van der Waals surface area contributed by atoms with Gasteiger partial charge in [0.2, 0.25) is 0 Å². The molecule has 0 heterocycles. The zero-order valence-corrected chi connectivity index (χ0v) is 11.2. The zero-order chi connectivity index (χ0) is 14.1. The van der Waals surface area contributed by atoms with E-state index in [2.05, 4.69) is 5.48 Å². The van der Waals surface area contributed by atoms with Crippen molar-refractivity contribution in [3.63, 3.8) is 0 Å². The predicted molar refractivity (Wildman–Crippen MR) is 68.3 cm³/mol. The van der Waals surface area contributed by atoms with Crippen molar-refractivity contribution in [1.82, 2.24) is 5.48 Å². The number of hydroxylamine groups is 1. The highest BCUT2D eigenvalue weighted by molar-refractivity contribution is 7.39. The largest absolute Gasteiger partial charge is 0.523 e. The minimum Gasteiger partial charge on any atom is -0.274 e. The van der Waals surface area contributed by atoms with Gasteiger partial charge in [-0.15, -0.1) is 0 Å². The molecule has 2 N–H and O–H groups in total. The quantitative estimate of drug-likeness (QED) is 0.437. The SMILES string of the molecule is O=C(NOCCCCF)C(c1ccccc1)[P+](=O)O. The number of alkyl halides is 1. The molecule has 0 aliphatic heterocycles. The van der Waals surface area contributed by atoms with Crippen LogP contribution in [0.5, 0.6) is 0 Å². The molecule has 7 heteroatoms. The van der Waals surface area contributed by atoms with Gasteiger partial charge >= 0.3 is 13.9 Å². The Hall–Kier alpha value is -1.36. The third kappa shape index (κ3) is 5.42. The van der Waals surface area contributed by atoms with Crippen LogP contribution in [0.2, 0.25) is 0 Å². The van der Waals surface area contributed by atoms with Gasteiger partial charge in [-0.05, 0) is 17.4 Å². The predicted octanol–water partition coefficient (Wildman–Crippen LogP) is 2.26. The molecule has 5 nitrogen and oxygen atoms in total. The highest BCUT2D eigenvalue weighted by Gasteiger charge is 2.38. The number of hydrogen-bond acceptors (Lipinski definition) is 3. The lowest BCUT2D eigenvalue weighted by atomic mass is 10.1. The number of amides is 1. The van der Waals surface area contributed by atoms with Gasteiger partial charge in [-0.1, -0.05) is 30.3 Å². The van der Waals surface area contributed by atoms with Crippen LogP contribution in [0.1, 0.15) is 24.1 Å². The second kappa shape index (κ2) is 8.69. The van der Waals surface area contributed by atoms with Gasteiger partial charge in [0.1, 0.15) is 0 Å². The van der Waals surface area contributed by atoms with E-state index in [0.29, 0.717) is 18.4 Å². The molecule has 2 atom stereocenters. The normalized spacial score (nSPS) is 12.8. The molecule has 0 fully saturated rings. The van der Waals surface area contributed by atoms with Gasteiger partial charge < -0.3 is 0 Å². The van der Waals surface area contributed by atoms with Crippen molar-refractivity contribution >= 4 is 13.9 Å². The van der Waals surface area contributed by atoms with Crippen molar-refractivity contribution in [2.75, 3.05) is 13.3 Å². The van der Waals surface area contributed by atoms with Crippen LogP contribution in [0, 0.1) is 0 Å². The second-order valence-corrected chi connectivity index (χ2v) is 4.95. The Morgan fingerprint density at radius 1 is 1.37 bits per heavy atom. The molecule has 1 amide bonds. The van der Waals surface area contributed by atoms with Gasteiger partial charge in [0, 0.05) is 5.56 Å². The fraction of sp³-hybridized carbons (Fsp3) is 0.417. The van der Waals surface area contributed by atoms with Crippen LogP contribution in [0.15, 0.2) is 30.3 Å². The minimum absolute atomic E-state index is 0.166. The summed E-state index contributed by atoms with van der Waals surface area (Å²) >= 11 is 0. The van der Waals surface area contributed by atoms with E-state index in [9.17, 15) is 18.6 Å². The van der Waals surface area contributed by atoms with Gasteiger partial charge in [-0.2, -0.15) is 4.89 Å². The number of nitrogens with one attached hydrogen (secondary N) is 1. The number of hydrogen-bond donors (Lipinski definition) is 2. The summed E-state index contributed by atoms with van der Waals surface area (Å²) in [6, 6.07) is 8.29. The number of carbonyl (C=O) groups excluding carboxylic acids is 1. The van der Waals surface area contributed by atoms with Crippen LogP contribution in [0.25, 0.3) is 0 Å². The maximum Gasteiger partial charge on any atom is 0.523 e. The lowest BCUT2D eigenvalue weighted by molar-refractivity contribution is -0.133. The summed E-state index contributed by atoms with van der Waals surface area (Å²) in [5, 5.41) is 0. The molecule has 0 bridgehead atoms. The molecule has 0 aliphatic rings. The van der Waals surface area contributed by atoms with E-state index < -0.39 is 26.3 Å². The third-order valence-corrected chi connectivity index (χ3v) is 3.36. The van der Waals surface area contributed by atoms with Gasteiger partial charge in [0.05, 0.1) is 13.3 Å². The van der Waals surface area contributed by atoms with Crippen molar-refractivity contribution in [2.24, 2.45) is 0 Å². The second-order valence-electron chi connectivity index (χ2n) is 3.83. The molecule has 0 saturated heterocycles. The van der Waals surface area contributed by atoms with Crippen molar-refractivity contribution in [3.8, 4) is 0 Å². The average Bonchev–Trinajstić information content (AvgIpc) is 2.39. The van der Waals surface area contributed by atoms with Gasteiger partial charge in [0.25, 0.3) is 5.66 Å². The van der Waals surface area contributed by atoms with Gasteiger partial charge in [-0.25, -0.2) is 5.48 Å². The molecular formula is C12H16FNO4P+. The molecule has 0 saturated carbocycles. The van der Waals surface area contributed by atoms with E-state index in [-0.39, 0.29) is 6.61 Å². The first-order valence-electron chi connectivity index (χ1n) is 5.84. The van der Waals surface area contributed by atoms with Crippen LogP contribution >= 0.6 is 8.03 Å². The first kappa shape index (κ1) is 15.7. The van der Waals surface area contributed by atoms with E-state index in [1.807, 2.05) is 0 Å². The molecule has 0 radical (unpaired) electrons. The smallest absolute Gasteiger partial charge is 0.274 e. The Balaban J connectivity index is 2.53. The zero-order valence-electron chi connectivity index (χ0n) is 10.3. The lowest BCUT2D eigenvalue weighted by Gasteiger charge is -2.07. The Bertz CT molecular complexity index is 415. The van der Waals surface area contributed by atoms with Crippen molar-refractivity contribution in [1.29, 1.82) is 0 Å². The molecule has 0 spiro atoms. The number of unbranched alkanes of at least 4 members (excludes halogenated alkanes) is 1. The fourth-order valence-electron chi connectivity index (χ4n) is 1.46. The molecule has 0 aromatic heterocycles. The molecule has 1 aromatic rings. The molecule has 104 valence electrons. The molecule has 19 heavy (non-hydrogen) atoms. The van der Waals surface area contributed by atoms with Crippen LogP contribution in [0.4, 0.5) is 4.39 Å². The topological polar surface area (TPSA) is 75.6 Å². The maximum absolute atomic E-state index is 11.8. The summed E-state index contributed by atoms with van der Waals surface area (Å²) in [6.45, 7) is -0.272. The van der Waals surface area contributed by atoms with Gasteiger partial charge in [-0.3, -0.25) is 14.0 Å². The maximum atomic E-state index is 11.8. The van der Waals surface area contributed by atoms with E-state index in [1.165, 1.54) is 0 Å². The lowest BCUT2D eigenvalue weighted by Crippen LogP contribution is -2.28. The van der Waals surface area contributed by atoms with Crippen LogP contribution < -0.4 is 5.48 Å². The van der Waals surface area contributed by atoms with E-state index in [0.717, 1.165) is 0 Å². The number of rotatable bonds is 8. The summed E-state index contributed by atoms with van der Waals surface area (Å²) in [4.78, 5) is 25.8. The van der Waals surface area contributed by atoms with Crippen LogP contribution in [-0.2, 0) is 14.2 Å². The van der Waals surface area contributed by atoms with E-state index >= 15 is 0 Å². The number of benzene rings is 1. The Labute approximate surface area is 111 Å². The number of halogens is 1. The molecule has 1 aromatic carbocycles. The number of carbonyl (C=O) groups is 1. The Kier molecular flexibility index (Phi) is 7.18. The highest BCUT2D eigenvalue weighted by Crippen LogP contribution is 2.37. The summed E-state index contributed by atoms with van der Waals surface area (Å²) in [7, 11) is -2.71. The van der Waals surface area contributed by atoms with Crippen molar-refractivity contribution < 1.29 is 23.5 Å². The summed E-state index contributed by atoms with van der Waals surface area (Å²) in [6.07, 6.45) is 0.824. The monoisotopic (exact) mass is 288 g/mol. The first-order valence-corrected chi connectivity index (χ1v) is 7.12. The van der Waals surface area contributed by atoms with Crippen LogP contribution in [0.3, 0.4) is 0 Å². The highest BCUT2D eigenvalue weighted by atomic mass is 31.1.